The Balaban J connectivity index is 1.68. The Morgan fingerprint density at radius 3 is 2.74 bits per heavy atom. The lowest BCUT2D eigenvalue weighted by atomic mass is 10.1. The number of primary sulfonamides is 1. The molecule has 1 saturated heterocycles. The zero-order valence-corrected chi connectivity index (χ0v) is 12.0. The third kappa shape index (κ3) is 2.54. The SMILES string of the molecule is NS(=O)(=O)c1ccc(CC(=O)N2CC3CCC2C3)s1. The molecule has 2 bridgehead atoms. The zero-order valence-electron chi connectivity index (χ0n) is 10.4. The third-order valence-corrected chi connectivity index (χ3v) is 6.50. The first-order valence-electron chi connectivity index (χ1n) is 6.34. The van der Waals surface area contributed by atoms with E-state index in [2.05, 4.69) is 0 Å². The summed E-state index contributed by atoms with van der Waals surface area (Å²) in [6.45, 7) is 0.872. The number of carbonyl (C=O) groups is 1. The summed E-state index contributed by atoms with van der Waals surface area (Å²) in [7, 11) is -3.65. The lowest BCUT2D eigenvalue weighted by Gasteiger charge is -2.26. The van der Waals surface area contributed by atoms with Crippen molar-refractivity contribution in [2.24, 2.45) is 11.1 Å². The molecule has 2 unspecified atom stereocenters. The van der Waals surface area contributed by atoms with Crippen molar-refractivity contribution in [1.29, 1.82) is 0 Å². The topological polar surface area (TPSA) is 80.5 Å². The van der Waals surface area contributed by atoms with Gasteiger partial charge in [0.25, 0.3) is 0 Å². The third-order valence-electron chi connectivity index (χ3n) is 3.97. The van der Waals surface area contributed by atoms with Gasteiger partial charge >= 0.3 is 0 Å². The van der Waals surface area contributed by atoms with Crippen LogP contribution in [0.1, 0.15) is 24.1 Å². The van der Waals surface area contributed by atoms with Crippen LogP contribution in [0.3, 0.4) is 0 Å². The predicted molar refractivity (Wildman–Crippen MR) is 72.2 cm³/mol. The van der Waals surface area contributed by atoms with Gasteiger partial charge in [0.1, 0.15) is 4.21 Å². The molecule has 2 atom stereocenters. The number of hydrogen-bond acceptors (Lipinski definition) is 4. The van der Waals surface area contributed by atoms with Crippen molar-refractivity contribution < 1.29 is 13.2 Å². The number of nitrogens with zero attached hydrogens (tertiary/aromatic N) is 1. The maximum absolute atomic E-state index is 12.2. The van der Waals surface area contributed by atoms with Crippen molar-refractivity contribution in [3.05, 3.63) is 17.0 Å². The van der Waals surface area contributed by atoms with Crippen molar-refractivity contribution in [2.45, 2.75) is 35.9 Å². The molecule has 1 amide bonds. The van der Waals surface area contributed by atoms with E-state index in [0.717, 1.165) is 35.6 Å². The summed E-state index contributed by atoms with van der Waals surface area (Å²) >= 11 is 1.09. The van der Waals surface area contributed by atoms with Gasteiger partial charge in [0.2, 0.25) is 15.9 Å². The van der Waals surface area contributed by atoms with Crippen LogP contribution in [0.25, 0.3) is 0 Å². The number of rotatable bonds is 3. The first kappa shape index (κ1) is 13.1. The van der Waals surface area contributed by atoms with Gasteiger partial charge in [-0.1, -0.05) is 0 Å². The molecule has 2 heterocycles. The van der Waals surface area contributed by atoms with Crippen LogP contribution in [0.15, 0.2) is 16.3 Å². The Labute approximate surface area is 116 Å². The Bertz CT molecular complexity index is 608. The summed E-state index contributed by atoms with van der Waals surface area (Å²) in [6, 6.07) is 3.56. The monoisotopic (exact) mass is 300 g/mol. The number of likely N-dealkylation sites (tertiary alicyclic amines) is 1. The van der Waals surface area contributed by atoms with E-state index in [0.29, 0.717) is 12.0 Å². The molecule has 0 radical (unpaired) electrons. The van der Waals surface area contributed by atoms with Gasteiger partial charge in [-0.2, -0.15) is 0 Å². The van der Waals surface area contributed by atoms with Crippen LogP contribution in [0.5, 0.6) is 0 Å². The van der Waals surface area contributed by atoms with Crippen molar-refractivity contribution in [3.63, 3.8) is 0 Å². The number of nitrogens with two attached hydrogens (primary N) is 1. The van der Waals surface area contributed by atoms with E-state index < -0.39 is 10.0 Å². The Morgan fingerprint density at radius 1 is 1.42 bits per heavy atom. The predicted octanol–water partition coefficient (Wildman–Crippen LogP) is 0.949. The standard InChI is InChI=1S/C12H16N2O3S2/c13-19(16,17)12-4-3-10(18-12)6-11(15)14-7-8-1-2-9(14)5-8/h3-4,8-9H,1-2,5-7H2,(H2,13,16,17). The average molecular weight is 300 g/mol. The molecule has 0 spiro atoms. The molecule has 1 saturated carbocycles. The smallest absolute Gasteiger partial charge is 0.247 e. The van der Waals surface area contributed by atoms with E-state index in [9.17, 15) is 13.2 Å². The maximum Gasteiger partial charge on any atom is 0.247 e. The fraction of sp³-hybridized carbons (Fsp3) is 0.583. The summed E-state index contributed by atoms with van der Waals surface area (Å²) in [4.78, 5) is 14.9. The van der Waals surface area contributed by atoms with Crippen LogP contribution in [-0.2, 0) is 21.2 Å². The van der Waals surface area contributed by atoms with Gasteiger partial charge in [-0.15, -0.1) is 11.3 Å². The van der Waals surface area contributed by atoms with Gasteiger partial charge in [-0.05, 0) is 37.3 Å². The molecule has 0 aromatic carbocycles. The summed E-state index contributed by atoms with van der Waals surface area (Å²) in [6.07, 6.45) is 3.77. The minimum absolute atomic E-state index is 0.106. The van der Waals surface area contributed by atoms with Crippen LogP contribution < -0.4 is 5.14 Å². The van der Waals surface area contributed by atoms with E-state index in [1.807, 2.05) is 4.90 Å². The van der Waals surface area contributed by atoms with Crippen LogP contribution in [0.2, 0.25) is 0 Å². The second kappa shape index (κ2) is 4.57. The van der Waals surface area contributed by atoms with Crippen molar-refractivity contribution in [2.75, 3.05) is 6.54 Å². The van der Waals surface area contributed by atoms with E-state index in [-0.39, 0.29) is 16.5 Å². The molecule has 1 aromatic rings. The Morgan fingerprint density at radius 2 is 2.21 bits per heavy atom. The number of amides is 1. The van der Waals surface area contributed by atoms with Crippen LogP contribution in [0, 0.1) is 5.92 Å². The Hall–Kier alpha value is -0.920. The van der Waals surface area contributed by atoms with Gasteiger partial charge in [-0.25, -0.2) is 13.6 Å². The normalized spacial score (nSPS) is 26.1. The van der Waals surface area contributed by atoms with E-state index in [4.69, 9.17) is 5.14 Å². The molecule has 104 valence electrons. The highest BCUT2D eigenvalue weighted by atomic mass is 32.2. The molecule has 1 aliphatic heterocycles. The molecule has 2 aliphatic rings. The highest BCUT2D eigenvalue weighted by molar-refractivity contribution is 7.91. The molecule has 19 heavy (non-hydrogen) atoms. The quantitative estimate of drug-likeness (QED) is 0.902. The second-order valence-corrected chi connectivity index (χ2v) is 8.28. The maximum atomic E-state index is 12.2. The van der Waals surface area contributed by atoms with Gasteiger partial charge in [0.15, 0.2) is 0 Å². The van der Waals surface area contributed by atoms with E-state index >= 15 is 0 Å². The summed E-state index contributed by atoms with van der Waals surface area (Å²) < 4.78 is 22.5. The first-order chi connectivity index (χ1) is 8.93. The summed E-state index contributed by atoms with van der Waals surface area (Å²) in [5.74, 6) is 0.785. The van der Waals surface area contributed by atoms with Gasteiger partial charge in [-0.3, -0.25) is 4.79 Å². The van der Waals surface area contributed by atoms with Crippen LogP contribution in [0.4, 0.5) is 0 Å². The fourth-order valence-corrected chi connectivity index (χ4v) is 4.86. The van der Waals surface area contributed by atoms with Gasteiger partial charge < -0.3 is 4.90 Å². The summed E-state index contributed by atoms with van der Waals surface area (Å²) in [5, 5.41) is 5.06. The molecule has 3 rings (SSSR count). The molecular weight excluding hydrogens is 284 g/mol. The number of carbonyl (C=O) groups excluding carboxylic acids is 1. The minimum Gasteiger partial charge on any atom is -0.339 e. The highest BCUT2D eigenvalue weighted by Crippen LogP contribution is 2.37. The number of hydrogen-bond donors (Lipinski definition) is 1. The van der Waals surface area contributed by atoms with E-state index in [1.165, 1.54) is 12.5 Å². The van der Waals surface area contributed by atoms with Crippen molar-refractivity contribution in [1.82, 2.24) is 4.90 Å². The zero-order chi connectivity index (χ0) is 13.6. The fourth-order valence-electron chi connectivity index (χ4n) is 3.09. The molecule has 1 aliphatic carbocycles. The molecule has 2 N–H and O–H groups in total. The largest absolute Gasteiger partial charge is 0.339 e. The minimum atomic E-state index is -3.65. The lowest BCUT2D eigenvalue weighted by Crippen LogP contribution is -2.38. The van der Waals surface area contributed by atoms with Crippen molar-refractivity contribution >= 4 is 27.3 Å². The van der Waals surface area contributed by atoms with Crippen LogP contribution >= 0.6 is 11.3 Å². The van der Waals surface area contributed by atoms with Gasteiger partial charge in [0.05, 0.1) is 6.42 Å². The lowest BCUT2D eigenvalue weighted by molar-refractivity contribution is -0.132. The van der Waals surface area contributed by atoms with E-state index in [1.54, 1.807) is 6.07 Å². The summed E-state index contributed by atoms with van der Waals surface area (Å²) in [5.41, 5.74) is 0. The molecule has 5 nitrogen and oxygen atoms in total. The van der Waals surface area contributed by atoms with Crippen molar-refractivity contribution in [3.8, 4) is 0 Å². The number of sulfonamides is 1. The molecular formula is C12H16N2O3S2. The molecule has 7 heteroatoms. The number of piperidine rings is 1. The highest BCUT2D eigenvalue weighted by Gasteiger charge is 2.39. The Kier molecular flexibility index (Phi) is 3.15. The first-order valence-corrected chi connectivity index (χ1v) is 8.71. The van der Waals surface area contributed by atoms with Gasteiger partial charge in [0, 0.05) is 17.5 Å². The van der Waals surface area contributed by atoms with Crippen LogP contribution in [-0.4, -0.2) is 31.8 Å². The second-order valence-electron chi connectivity index (χ2n) is 5.32. The molecule has 2 fully saturated rings. The average Bonchev–Trinajstić information content (AvgIpc) is 3.02. The molecule has 1 aromatic heterocycles. The number of thiophene rings is 1. The number of fused-ring (bicyclic) bond motifs is 2.